The van der Waals surface area contributed by atoms with Crippen LogP contribution in [0.2, 0.25) is 0 Å². The van der Waals surface area contributed by atoms with Gasteiger partial charge in [0, 0.05) is 31.0 Å². The van der Waals surface area contributed by atoms with E-state index in [2.05, 4.69) is 20.3 Å². The highest BCUT2D eigenvalue weighted by atomic mass is 16.2. The number of carbonyl (C=O) groups is 1. The molecule has 0 aliphatic carbocycles. The van der Waals surface area contributed by atoms with Crippen LogP contribution < -0.4 is 5.32 Å². The summed E-state index contributed by atoms with van der Waals surface area (Å²) in [7, 11) is 0. The molecule has 23 heavy (non-hydrogen) atoms. The predicted molar refractivity (Wildman–Crippen MR) is 86.3 cm³/mol. The third kappa shape index (κ3) is 2.98. The number of aromatic nitrogens is 5. The molecule has 1 N–H and O–H groups in total. The van der Waals surface area contributed by atoms with E-state index in [4.69, 9.17) is 0 Å². The molecule has 1 unspecified atom stereocenters. The van der Waals surface area contributed by atoms with Gasteiger partial charge in [-0.1, -0.05) is 6.92 Å². The molecule has 0 radical (unpaired) electrons. The zero-order valence-corrected chi connectivity index (χ0v) is 13.0. The van der Waals surface area contributed by atoms with E-state index in [9.17, 15) is 4.79 Å². The zero-order valence-electron chi connectivity index (χ0n) is 13.0. The van der Waals surface area contributed by atoms with Gasteiger partial charge in [-0.2, -0.15) is 0 Å². The molecule has 7 nitrogen and oxygen atoms in total. The Bertz CT molecular complexity index is 793. The lowest BCUT2D eigenvalue weighted by atomic mass is 10.2. The SMILES string of the molecule is CCC(C(=O)Nc1cccnc1-n1ccnc1C)n1ccnc1. The number of rotatable bonds is 5. The highest BCUT2D eigenvalue weighted by Gasteiger charge is 2.19. The second-order valence-electron chi connectivity index (χ2n) is 5.14. The number of anilines is 1. The van der Waals surface area contributed by atoms with Gasteiger partial charge in [0.15, 0.2) is 5.82 Å². The topological polar surface area (TPSA) is 77.6 Å². The standard InChI is InChI=1S/C16H18N6O/c1-3-14(21-9-7-17-11-21)16(23)20-13-5-4-6-19-15(13)22-10-8-18-12(22)2/h4-11,14H,3H2,1-2H3,(H,20,23). The molecule has 0 fully saturated rings. The number of pyridine rings is 1. The van der Waals surface area contributed by atoms with Gasteiger partial charge in [-0.15, -0.1) is 0 Å². The van der Waals surface area contributed by atoms with Crippen LogP contribution in [0.25, 0.3) is 5.82 Å². The lowest BCUT2D eigenvalue weighted by Gasteiger charge is -2.18. The first kappa shape index (κ1) is 15.0. The third-order valence-corrected chi connectivity index (χ3v) is 3.67. The number of aryl methyl sites for hydroxylation is 1. The maximum atomic E-state index is 12.6. The van der Waals surface area contributed by atoms with Gasteiger partial charge in [0.05, 0.1) is 12.0 Å². The number of imidazole rings is 2. The molecule has 3 aromatic heterocycles. The van der Waals surface area contributed by atoms with Gasteiger partial charge in [0.1, 0.15) is 11.9 Å². The summed E-state index contributed by atoms with van der Waals surface area (Å²) in [4.78, 5) is 25.2. The van der Waals surface area contributed by atoms with Crippen LogP contribution in [0.5, 0.6) is 0 Å². The van der Waals surface area contributed by atoms with Crippen LogP contribution >= 0.6 is 0 Å². The third-order valence-electron chi connectivity index (χ3n) is 3.67. The second-order valence-corrected chi connectivity index (χ2v) is 5.14. The fourth-order valence-corrected chi connectivity index (χ4v) is 2.49. The first-order chi connectivity index (χ1) is 11.2. The first-order valence-corrected chi connectivity index (χ1v) is 7.44. The van der Waals surface area contributed by atoms with Gasteiger partial charge in [-0.25, -0.2) is 15.0 Å². The van der Waals surface area contributed by atoms with Crippen molar-refractivity contribution >= 4 is 11.6 Å². The van der Waals surface area contributed by atoms with Crippen LogP contribution in [-0.2, 0) is 4.79 Å². The van der Waals surface area contributed by atoms with Crippen molar-refractivity contribution in [2.75, 3.05) is 5.32 Å². The quantitative estimate of drug-likeness (QED) is 0.784. The number of carbonyl (C=O) groups excluding carboxylic acids is 1. The summed E-state index contributed by atoms with van der Waals surface area (Å²) in [5.74, 6) is 1.36. The van der Waals surface area contributed by atoms with Crippen LogP contribution in [0.1, 0.15) is 25.2 Å². The molecule has 1 atom stereocenters. The minimum Gasteiger partial charge on any atom is -0.325 e. The minimum absolute atomic E-state index is 0.0995. The van der Waals surface area contributed by atoms with E-state index in [0.29, 0.717) is 17.9 Å². The predicted octanol–water partition coefficient (Wildman–Crippen LogP) is 2.36. The molecule has 0 aromatic carbocycles. The smallest absolute Gasteiger partial charge is 0.247 e. The number of hydrogen-bond donors (Lipinski definition) is 1. The molecule has 118 valence electrons. The van der Waals surface area contributed by atoms with Crippen LogP contribution in [-0.4, -0.2) is 30.0 Å². The lowest BCUT2D eigenvalue weighted by Crippen LogP contribution is -2.25. The van der Waals surface area contributed by atoms with E-state index in [1.165, 1.54) is 0 Å². The van der Waals surface area contributed by atoms with E-state index in [1.54, 1.807) is 41.7 Å². The minimum atomic E-state index is -0.311. The van der Waals surface area contributed by atoms with E-state index in [1.807, 2.05) is 30.7 Å². The van der Waals surface area contributed by atoms with Gasteiger partial charge in [-0.3, -0.25) is 9.36 Å². The van der Waals surface area contributed by atoms with Crippen molar-refractivity contribution in [3.8, 4) is 5.82 Å². The molecular weight excluding hydrogens is 292 g/mol. The Balaban J connectivity index is 1.89. The maximum absolute atomic E-state index is 12.6. The highest BCUT2D eigenvalue weighted by molar-refractivity contribution is 5.95. The molecule has 0 bridgehead atoms. The van der Waals surface area contributed by atoms with Crippen molar-refractivity contribution in [1.29, 1.82) is 0 Å². The number of nitrogens with zero attached hydrogens (tertiary/aromatic N) is 5. The average Bonchev–Trinajstić information content (AvgIpc) is 3.21. The molecule has 0 aliphatic rings. The maximum Gasteiger partial charge on any atom is 0.247 e. The van der Waals surface area contributed by atoms with Crippen molar-refractivity contribution in [2.45, 2.75) is 26.3 Å². The van der Waals surface area contributed by atoms with Crippen molar-refractivity contribution in [1.82, 2.24) is 24.1 Å². The van der Waals surface area contributed by atoms with Crippen LogP contribution in [0.3, 0.4) is 0 Å². The lowest BCUT2D eigenvalue weighted by molar-refractivity contribution is -0.119. The summed E-state index contributed by atoms with van der Waals surface area (Å²) >= 11 is 0. The summed E-state index contributed by atoms with van der Waals surface area (Å²) in [6.45, 7) is 3.86. The van der Waals surface area contributed by atoms with Crippen molar-refractivity contribution in [3.63, 3.8) is 0 Å². The monoisotopic (exact) mass is 310 g/mol. The van der Waals surface area contributed by atoms with Crippen LogP contribution in [0.15, 0.2) is 49.4 Å². The average molecular weight is 310 g/mol. The molecule has 0 aliphatic heterocycles. The summed E-state index contributed by atoms with van der Waals surface area (Å²) in [5, 5.41) is 2.97. The molecule has 0 saturated carbocycles. The van der Waals surface area contributed by atoms with Gasteiger partial charge >= 0.3 is 0 Å². The van der Waals surface area contributed by atoms with E-state index >= 15 is 0 Å². The molecular formula is C16H18N6O. The molecule has 1 amide bonds. The van der Waals surface area contributed by atoms with Gasteiger partial charge in [0.25, 0.3) is 0 Å². The van der Waals surface area contributed by atoms with Crippen molar-refractivity contribution < 1.29 is 4.79 Å². The summed E-state index contributed by atoms with van der Waals surface area (Å²) in [5.41, 5.74) is 0.650. The molecule has 0 saturated heterocycles. The number of hydrogen-bond acceptors (Lipinski definition) is 4. The van der Waals surface area contributed by atoms with Crippen LogP contribution in [0, 0.1) is 6.92 Å². The fourth-order valence-electron chi connectivity index (χ4n) is 2.49. The molecule has 3 rings (SSSR count). The fraction of sp³-hybridized carbons (Fsp3) is 0.250. The van der Waals surface area contributed by atoms with Crippen LogP contribution in [0.4, 0.5) is 5.69 Å². The van der Waals surface area contributed by atoms with Gasteiger partial charge in [-0.05, 0) is 25.5 Å². The highest BCUT2D eigenvalue weighted by Crippen LogP contribution is 2.21. The van der Waals surface area contributed by atoms with E-state index < -0.39 is 0 Å². The summed E-state index contributed by atoms with van der Waals surface area (Å²) in [6.07, 6.45) is 11.0. The first-order valence-electron chi connectivity index (χ1n) is 7.44. The Morgan fingerprint density at radius 2 is 2.13 bits per heavy atom. The Kier molecular flexibility index (Phi) is 4.18. The second kappa shape index (κ2) is 6.43. The van der Waals surface area contributed by atoms with Crippen molar-refractivity contribution in [3.05, 3.63) is 55.3 Å². The van der Waals surface area contributed by atoms with Gasteiger partial charge < -0.3 is 9.88 Å². The molecule has 0 spiro atoms. The van der Waals surface area contributed by atoms with Crippen molar-refractivity contribution in [2.24, 2.45) is 0 Å². The Morgan fingerprint density at radius 1 is 1.26 bits per heavy atom. The Morgan fingerprint density at radius 3 is 2.78 bits per heavy atom. The molecule has 3 heterocycles. The summed E-state index contributed by atoms with van der Waals surface area (Å²) in [6, 6.07) is 3.32. The van der Waals surface area contributed by atoms with E-state index in [0.717, 1.165) is 5.82 Å². The number of nitrogens with one attached hydrogen (secondary N) is 1. The zero-order chi connectivity index (χ0) is 16.2. The number of amides is 1. The normalized spacial score (nSPS) is 12.1. The van der Waals surface area contributed by atoms with E-state index in [-0.39, 0.29) is 11.9 Å². The van der Waals surface area contributed by atoms with Gasteiger partial charge in [0.2, 0.25) is 5.91 Å². The molecule has 7 heteroatoms. The molecule has 3 aromatic rings. The largest absolute Gasteiger partial charge is 0.325 e. The summed E-state index contributed by atoms with van der Waals surface area (Å²) < 4.78 is 3.64. The Hall–Kier alpha value is -2.96. The Labute approximate surface area is 134 Å².